The van der Waals surface area contributed by atoms with Gasteiger partial charge in [-0.3, -0.25) is 9.59 Å². The average molecular weight is 395 g/mol. The van der Waals surface area contributed by atoms with Gasteiger partial charge in [0.1, 0.15) is 11.7 Å². The van der Waals surface area contributed by atoms with Gasteiger partial charge in [0.05, 0.1) is 5.01 Å². The molecule has 3 N–H and O–H groups in total. The number of carbonyl (C=O) groups is 2. The number of aromatic nitrogens is 1. The van der Waals surface area contributed by atoms with Crippen LogP contribution in [0.1, 0.15) is 33.9 Å². The molecule has 6 nitrogen and oxygen atoms in total. The molecule has 26 heavy (non-hydrogen) atoms. The van der Waals surface area contributed by atoms with E-state index < -0.39 is 6.04 Å². The highest BCUT2D eigenvalue weighted by Crippen LogP contribution is 2.22. The summed E-state index contributed by atoms with van der Waals surface area (Å²) in [5.41, 5.74) is 7.88. The quantitative estimate of drug-likeness (QED) is 0.814. The third-order valence-electron chi connectivity index (χ3n) is 4.23. The molecule has 0 spiro atoms. The zero-order chi connectivity index (χ0) is 17.8. The van der Waals surface area contributed by atoms with Gasteiger partial charge in [-0.15, -0.1) is 23.7 Å². The van der Waals surface area contributed by atoms with Crippen LogP contribution in [0, 0.1) is 6.92 Å². The van der Waals surface area contributed by atoms with Crippen LogP contribution < -0.4 is 16.0 Å². The SMILES string of the molecule is Cc1ccc(N2CCCC(NC(=O)c3csc(CCN)n3)C2=O)cc1.Cl. The Bertz CT molecular complexity index is 763. The van der Waals surface area contributed by atoms with Gasteiger partial charge in [-0.25, -0.2) is 4.98 Å². The fraction of sp³-hybridized carbons (Fsp3) is 0.389. The summed E-state index contributed by atoms with van der Waals surface area (Å²) in [7, 11) is 0. The van der Waals surface area contributed by atoms with E-state index in [1.165, 1.54) is 11.3 Å². The summed E-state index contributed by atoms with van der Waals surface area (Å²) in [5, 5.41) is 5.38. The predicted molar refractivity (Wildman–Crippen MR) is 106 cm³/mol. The third-order valence-corrected chi connectivity index (χ3v) is 5.14. The lowest BCUT2D eigenvalue weighted by molar-refractivity contribution is -0.121. The maximum Gasteiger partial charge on any atom is 0.271 e. The highest BCUT2D eigenvalue weighted by atomic mass is 35.5. The monoisotopic (exact) mass is 394 g/mol. The molecule has 2 aromatic rings. The first-order valence-electron chi connectivity index (χ1n) is 8.42. The summed E-state index contributed by atoms with van der Waals surface area (Å²) in [6.07, 6.45) is 2.15. The lowest BCUT2D eigenvalue weighted by atomic mass is 10.0. The van der Waals surface area contributed by atoms with Gasteiger partial charge in [0.2, 0.25) is 5.91 Å². The molecule has 1 aliphatic rings. The lowest BCUT2D eigenvalue weighted by Crippen LogP contribution is -2.52. The summed E-state index contributed by atoms with van der Waals surface area (Å²) >= 11 is 1.42. The van der Waals surface area contributed by atoms with Crippen LogP contribution in [0.3, 0.4) is 0 Å². The van der Waals surface area contributed by atoms with Crippen molar-refractivity contribution < 1.29 is 9.59 Å². The molecule has 0 bridgehead atoms. The smallest absolute Gasteiger partial charge is 0.271 e. The molecule has 1 atom stereocenters. The van der Waals surface area contributed by atoms with E-state index >= 15 is 0 Å². The maximum absolute atomic E-state index is 12.8. The molecule has 1 aliphatic heterocycles. The fourth-order valence-electron chi connectivity index (χ4n) is 2.88. The van der Waals surface area contributed by atoms with Gasteiger partial charge in [0.25, 0.3) is 5.91 Å². The molecule has 0 aliphatic carbocycles. The Balaban J connectivity index is 0.00000243. The number of hydrogen-bond acceptors (Lipinski definition) is 5. The molecule has 1 fully saturated rings. The van der Waals surface area contributed by atoms with Gasteiger partial charge in [-0.05, 0) is 38.4 Å². The summed E-state index contributed by atoms with van der Waals surface area (Å²) in [5.74, 6) is -0.371. The Morgan fingerprint density at radius 2 is 2.12 bits per heavy atom. The van der Waals surface area contributed by atoms with E-state index in [0.717, 1.165) is 22.7 Å². The number of rotatable bonds is 5. The van der Waals surface area contributed by atoms with E-state index in [9.17, 15) is 9.59 Å². The van der Waals surface area contributed by atoms with Gasteiger partial charge in [-0.2, -0.15) is 0 Å². The van der Waals surface area contributed by atoms with E-state index in [0.29, 0.717) is 31.6 Å². The van der Waals surface area contributed by atoms with Crippen LogP contribution in [0.2, 0.25) is 0 Å². The number of benzene rings is 1. The highest BCUT2D eigenvalue weighted by Gasteiger charge is 2.31. The van der Waals surface area contributed by atoms with Crippen molar-refractivity contribution in [2.45, 2.75) is 32.2 Å². The number of carbonyl (C=O) groups excluding carboxylic acids is 2. The Morgan fingerprint density at radius 3 is 2.81 bits per heavy atom. The second-order valence-corrected chi connectivity index (χ2v) is 7.10. The van der Waals surface area contributed by atoms with E-state index in [2.05, 4.69) is 10.3 Å². The third kappa shape index (κ3) is 4.60. The number of nitrogens with two attached hydrogens (primary N) is 1. The number of hydrogen-bond donors (Lipinski definition) is 2. The molecule has 140 valence electrons. The molecule has 8 heteroatoms. The molecule has 0 saturated carbocycles. The van der Waals surface area contributed by atoms with Crippen molar-refractivity contribution in [3.8, 4) is 0 Å². The van der Waals surface area contributed by atoms with Crippen molar-refractivity contribution in [1.82, 2.24) is 10.3 Å². The number of anilines is 1. The van der Waals surface area contributed by atoms with Crippen LogP contribution in [0.25, 0.3) is 0 Å². The number of halogens is 1. The second-order valence-electron chi connectivity index (χ2n) is 6.16. The zero-order valence-corrected chi connectivity index (χ0v) is 16.2. The first kappa shape index (κ1) is 20.4. The lowest BCUT2D eigenvalue weighted by Gasteiger charge is -2.32. The van der Waals surface area contributed by atoms with Crippen LogP contribution >= 0.6 is 23.7 Å². The first-order chi connectivity index (χ1) is 12.1. The number of aryl methyl sites for hydroxylation is 1. The molecular weight excluding hydrogens is 372 g/mol. The van der Waals surface area contributed by atoms with Crippen LogP contribution in [0.4, 0.5) is 5.69 Å². The standard InChI is InChI=1S/C18H22N4O2S.ClH/c1-12-4-6-13(7-5-12)22-10-2-3-14(18(22)24)21-17(23)15-11-25-16(20-15)8-9-19;/h4-7,11,14H,2-3,8-10,19H2,1H3,(H,21,23);1H. The molecule has 1 aromatic carbocycles. The summed E-state index contributed by atoms with van der Waals surface area (Å²) in [6, 6.07) is 7.34. The second kappa shape index (κ2) is 9.12. The van der Waals surface area contributed by atoms with Crippen LogP contribution in [0.5, 0.6) is 0 Å². The van der Waals surface area contributed by atoms with Crippen molar-refractivity contribution in [2.24, 2.45) is 5.73 Å². The minimum Gasteiger partial charge on any atom is -0.339 e. The molecule has 1 saturated heterocycles. The van der Waals surface area contributed by atoms with Gasteiger partial charge in [0, 0.05) is 24.0 Å². The summed E-state index contributed by atoms with van der Waals surface area (Å²) in [6.45, 7) is 3.18. The number of amides is 2. The molecular formula is C18H23ClN4O2S. The molecule has 3 rings (SSSR count). The van der Waals surface area contributed by atoms with Crippen LogP contribution in [-0.2, 0) is 11.2 Å². The predicted octanol–water partition coefficient (Wildman–Crippen LogP) is 2.30. The number of nitrogens with zero attached hydrogens (tertiary/aromatic N) is 2. The van der Waals surface area contributed by atoms with Gasteiger partial charge in [0.15, 0.2) is 0 Å². The number of thiazole rings is 1. The van der Waals surface area contributed by atoms with E-state index in [-0.39, 0.29) is 24.2 Å². The minimum absolute atomic E-state index is 0. The largest absolute Gasteiger partial charge is 0.339 e. The zero-order valence-electron chi connectivity index (χ0n) is 14.6. The first-order valence-corrected chi connectivity index (χ1v) is 9.30. The van der Waals surface area contributed by atoms with Crippen LogP contribution in [0.15, 0.2) is 29.6 Å². The van der Waals surface area contributed by atoms with Crippen molar-refractivity contribution in [3.05, 3.63) is 45.9 Å². The molecule has 2 amide bonds. The minimum atomic E-state index is -0.512. The van der Waals surface area contributed by atoms with Crippen molar-refractivity contribution in [3.63, 3.8) is 0 Å². The van der Waals surface area contributed by atoms with E-state index in [1.807, 2.05) is 31.2 Å². The van der Waals surface area contributed by atoms with Gasteiger partial charge >= 0.3 is 0 Å². The Kier molecular flexibility index (Phi) is 7.14. The number of piperidine rings is 1. The topological polar surface area (TPSA) is 88.3 Å². The van der Waals surface area contributed by atoms with Gasteiger partial charge in [-0.1, -0.05) is 17.7 Å². The van der Waals surface area contributed by atoms with E-state index in [1.54, 1.807) is 10.3 Å². The van der Waals surface area contributed by atoms with Crippen molar-refractivity contribution >= 4 is 41.2 Å². The van der Waals surface area contributed by atoms with Gasteiger partial charge < -0.3 is 16.0 Å². The fourth-order valence-corrected chi connectivity index (χ4v) is 3.67. The summed E-state index contributed by atoms with van der Waals surface area (Å²) in [4.78, 5) is 31.2. The average Bonchev–Trinajstić information content (AvgIpc) is 3.07. The Hall–Kier alpha value is -1.96. The Morgan fingerprint density at radius 1 is 1.38 bits per heavy atom. The summed E-state index contributed by atoms with van der Waals surface area (Å²) < 4.78 is 0. The van der Waals surface area contributed by atoms with E-state index in [4.69, 9.17) is 5.73 Å². The highest BCUT2D eigenvalue weighted by molar-refractivity contribution is 7.09. The molecule has 2 heterocycles. The molecule has 1 aromatic heterocycles. The normalized spacial score (nSPS) is 16.9. The molecule has 1 unspecified atom stereocenters. The van der Waals surface area contributed by atoms with Crippen molar-refractivity contribution in [2.75, 3.05) is 18.0 Å². The molecule has 0 radical (unpaired) electrons. The maximum atomic E-state index is 12.8. The Labute approximate surface area is 163 Å². The van der Waals surface area contributed by atoms with Crippen LogP contribution in [-0.4, -0.2) is 35.9 Å². The number of nitrogens with one attached hydrogen (secondary N) is 1. The van der Waals surface area contributed by atoms with Crippen molar-refractivity contribution in [1.29, 1.82) is 0 Å².